The number of nitrogens with zero attached hydrogens (tertiary/aromatic N) is 1. The van der Waals surface area contributed by atoms with Crippen molar-refractivity contribution >= 4 is 50.1 Å². The highest BCUT2D eigenvalue weighted by molar-refractivity contribution is 9.10. The molecule has 1 heterocycles. The Kier molecular flexibility index (Phi) is 5.99. The first-order valence-corrected chi connectivity index (χ1v) is 10.2. The van der Waals surface area contributed by atoms with Crippen molar-refractivity contribution in [2.24, 2.45) is 0 Å². The third kappa shape index (κ3) is 3.94. The van der Waals surface area contributed by atoms with Gasteiger partial charge in [-0.3, -0.25) is 9.59 Å². The van der Waals surface area contributed by atoms with Crippen molar-refractivity contribution in [3.63, 3.8) is 0 Å². The van der Waals surface area contributed by atoms with E-state index < -0.39 is 0 Å². The van der Waals surface area contributed by atoms with E-state index in [9.17, 15) is 9.59 Å². The number of thioether (sulfide) groups is 1. The molecule has 0 aromatic heterocycles. The zero-order chi connectivity index (χ0) is 18.7. The number of unbranched alkanes of at least 4 members (excludes halogenated alkanes) is 1. The molecule has 0 N–H and O–H groups in total. The Morgan fingerprint density at radius 1 is 1.04 bits per heavy atom. The number of rotatable bonds is 5. The topological polar surface area (TPSA) is 37.4 Å². The molecule has 0 unspecified atom stereocenters. The smallest absolute Gasteiger partial charge is 0.268 e. The van der Waals surface area contributed by atoms with Gasteiger partial charge in [0.15, 0.2) is 0 Å². The summed E-state index contributed by atoms with van der Waals surface area (Å²) in [7, 11) is 0. The van der Waals surface area contributed by atoms with Gasteiger partial charge in [0.05, 0.1) is 10.6 Å². The monoisotopic (exact) mass is 429 g/mol. The van der Waals surface area contributed by atoms with Crippen LogP contribution < -0.4 is 4.90 Å². The van der Waals surface area contributed by atoms with Gasteiger partial charge < -0.3 is 0 Å². The standard InChI is InChI=1S/C21H20BrNO2S/c1-3-4-5-15-6-12-18(13-7-15)23-20(24)19(26-21(23)25)14(2)16-8-10-17(22)11-9-16/h6-13H,3-5H2,1-2H3/b19-14-. The Labute approximate surface area is 166 Å². The van der Waals surface area contributed by atoms with Gasteiger partial charge >= 0.3 is 0 Å². The lowest BCUT2D eigenvalue weighted by Gasteiger charge is -2.13. The van der Waals surface area contributed by atoms with Crippen molar-refractivity contribution in [2.75, 3.05) is 4.90 Å². The Morgan fingerprint density at radius 3 is 2.31 bits per heavy atom. The molecule has 1 aliphatic heterocycles. The van der Waals surface area contributed by atoms with Crippen LogP contribution in [0.4, 0.5) is 10.5 Å². The quantitative estimate of drug-likeness (QED) is 0.514. The Hall–Kier alpha value is -1.85. The van der Waals surface area contributed by atoms with Crippen LogP contribution >= 0.6 is 27.7 Å². The number of imide groups is 1. The largest absolute Gasteiger partial charge is 0.298 e. The first kappa shape index (κ1) is 18.9. The zero-order valence-corrected chi connectivity index (χ0v) is 17.2. The average molecular weight is 430 g/mol. The molecule has 1 saturated heterocycles. The van der Waals surface area contributed by atoms with Crippen LogP contribution in [-0.4, -0.2) is 11.1 Å². The number of hydrogen-bond acceptors (Lipinski definition) is 3. The van der Waals surface area contributed by atoms with Crippen molar-refractivity contribution in [2.45, 2.75) is 33.1 Å². The van der Waals surface area contributed by atoms with Gasteiger partial charge in [0.25, 0.3) is 11.1 Å². The van der Waals surface area contributed by atoms with Crippen molar-refractivity contribution in [1.82, 2.24) is 0 Å². The first-order valence-electron chi connectivity index (χ1n) is 8.63. The summed E-state index contributed by atoms with van der Waals surface area (Å²) in [6.45, 7) is 4.04. The van der Waals surface area contributed by atoms with E-state index in [1.165, 1.54) is 10.5 Å². The summed E-state index contributed by atoms with van der Waals surface area (Å²) in [6, 6.07) is 15.5. The molecule has 0 radical (unpaired) electrons. The van der Waals surface area contributed by atoms with Gasteiger partial charge in [-0.2, -0.15) is 0 Å². The normalized spacial score (nSPS) is 16.3. The molecule has 0 bridgehead atoms. The maximum Gasteiger partial charge on any atom is 0.298 e. The van der Waals surface area contributed by atoms with Gasteiger partial charge in [-0.1, -0.05) is 53.5 Å². The number of anilines is 1. The minimum atomic E-state index is -0.248. The molecule has 3 rings (SSSR count). The fourth-order valence-electron chi connectivity index (χ4n) is 2.84. The summed E-state index contributed by atoms with van der Waals surface area (Å²) in [5, 5.41) is -0.247. The number of hydrogen-bond donors (Lipinski definition) is 0. The lowest BCUT2D eigenvalue weighted by atomic mass is 10.1. The van der Waals surface area contributed by atoms with E-state index in [4.69, 9.17) is 0 Å². The minimum absolute atomic E-state index is 0.247. The van der Waals surface area contributed by atoms with E-state index in [-0.39, 0.29) is 11.1 Å². The molecular formula is C21H20BrNO2S. The van der Waals surface area contributed by atoms with E-state index in [1.807, 2.05) is 55.5 Å². The second-order valence-electron chi connectivity index (χ2n) is 6.24. The number of benzene rings is 2. The van der Waals surface area contributed by atoms with Crippen LogP contribution in [0.5, 0.6) is 0 Å². The van der Waals surface area contributed by atoms with Crippen LogP contribution in [0.3, 0.4) is 0 Å². The Morgan fingerprint density at radius 2 is 1.69 bits per heavy atom. The van der Waals surface area contributed by atoms with Gasteiger partial charge in [-0.25, -0.2) is 4.90 Å². The fraction of sp³-hybridized carbons (Fsp3) is 0.238. The summed E-state index contributed by atoms with van der Waals surface area (Å²) in [4.78, 5) is 27.1. The van der Waals surface area contributed by atoms with Gasteiger partial charge in [-0.15, -0.1) is 0 Å². The van der Waals surface area contributed by atoms with Crippen molar-refractivity contribution in [3.05, 3.63) is 69.0 Å². The Bertz CT molecular complexity index is 857. The zero-order valence-electron chi connectivity index (χ0n) is 14.8. The van der Waals surface area contributed by atoms with Gasteiger partial charge in [0, 0.05) is 4.47 Å². The highest BCUT2D eigenvalue weighted by Gasteiger charge is 2.37. The molecule has 0 spiro atoms. The summed E-state index contributed by atoms with van der Waals surface area (Å²) >= 11 is 4.42. The highest BCUT2D eigenvalue weighted by atomic mass is 79.9. The predicted octanol–water partition coefficient (Wildman–Crippen LogP) is 6.42. The lowest BCUT2D eigenvalue weighted by molar-refractivity contribution is -0.113. The molecule has 2 amide bonds. The van der Waals surface area contributed by atoms with Crippen LogP contribution in [-0.2, 0) is 11.2 Å². The molecule has 3 nitrogen and oxygen atoms in total. The van der Waals surface area contributed by atoms with Crippen molar-refractivity contribution < 1.29 is 9.59 Å². The summed E-state index contributed by atoms with van der Waals surface area (Å²) in [5.41, 5.74) is 3.62. The third-order valence-electron chi connectivity index (χ3n) is 4.40. The number of halogens is 1. The van der Waals surface area contributed by atoms with Crippen LogP contribution in [0.15, 0.2) is 57.9 Å². The number of allylic oxidation sites excluding steroid dienone is 1. The Balaban J connectivity index is 1.86. The SMILES string of the molecule is CCCCc1ccc(N2C(=O)S/C(=C(/C)c3ccc(Br)cc3)C2=O)cc1. The van der Waals surface area contributed by atoms with Crippen molar-refractivity contribution in [3.8, 4) is 0 Å². The summed E-state index contributed by atoms with van der Waals surface area (Å²) in [6.07, 6.45) is 3.29. The second kappa shape index (κ2) is 8.23. The first-order chi connectivity index (χ1) is 12.5. The molecule has 1 fully saturated rings. The van der Waals surface area contributed by atoms with E-state index in [0.717, 1.165) is 46.6 Å². The van der Waals surface area contributed by atoms with Crippen LogP contribution in [0.25, 0.3) is 5.57 Å². The highest BCUT2D eigenvalue weighted by Crippen LogP contribution is 2.39. The summed E-state index contributed by atoms with van der Waals surface area (Å²) < 4.78 is 0.977. The molecule has 134 valence electrons. The van der Waals surface area contributed by atoms with Crippen LogP contribution in [0.2, 0.25) is 0 Å². The molecule has 26 heavy (non-hydrogen) atoms. The van der Waals surface area contributed by atoms with Crippen LogP contribution in [0, 0.1) is 0 Å². The molecule has 2 aromatic carbocycles. The molecular weight excluding hydrogens is 410 g/mol. The van der Waals surface area contributed by atoms with E-state index in [0.29, 0.717) is 10.6 Å². The second-order valence-corrected chi connectivity index (χ2v) is 8.12. The van der Waals surface area contributed by atoms with Gasteiger partial charge in [0.1, 0.15) is 0 Å². The average Bonchev–Trinajstić information content (AvgIpc) is 2.95. The molecule has 0 atom stereocenters. The van der Waals surface area contributed by atoms with E-state index in [1.54, 1.807) is 0 Å². The number of aryl methyl sites for hydroxylation is 1. The molecule has 0 aliphatic carbocycles. The molecule has 0 saturated carbocycles. The molecule has 1 aliphatic rings. The third-order valence-corrected chi connectivity index (χ3v) is 5.97. The minimum Gasteiger partial charge on any atom is -0.268 e. The molecule has 5 heteroatoms. The number of carbonyl (C=O) groups excluding carboxylic acids is 2. The number of amides is 2. The maximum atomic E-state index is 12.9. The lowest BCUT2D eigenvalue weighted by Crippen LogP contribution is -2.27. The maximum absolute atomic E-state index is 12.9. The number of carbonyl (C=O) groups is 2. The van der Waals surface area contributed by atoms with Crippen molar-refractivity contribution in [1.29, 1.82) is 0 Å². The van der Waals surface area contributed by atoms with E-state index in [2.05, 4.69) is 22.9 Å². The van der Waals surface area contributed by atoms with E-state index >= 15 is 0 Å². The molecule has 2 aromatic rings. The fourth-order valence-corrected chi connectivity index (χ4v) is 4.01. The van der Waals surface area contributed by atoms with Gasteiger partial charge in [-0.05, 0) is 72.5 Å². The van der Waals surface area contributed by atoms with Crippen LogP contribution in [0.1, 0.15) is 37.8 Å². The van der Waals surface area contributed by atoms with Gasteiger partial charge in [0.2, 0.25) is 0 Å². The predicted molar refractivity (Wildman–Crippen MR) is 112 cm³/mol. The summed E-state index contributed by atoms with van der Waals surface area (Å²) in [5.74, 6) is -0.248.